The molecule has 17 heavy (non-hydrogen) atoms. The summed E-state index contributed by atoms with van der Waals surface area (Å²) < 4.78 is 0.864. The van der Waals surface area contributed by atoms with Gasteiger partial charge in [0, 0.05) is 9.50 Å². The molecular formula is C13H8BrCl3. The molecule has 2 rings (SSSR count). The minimum atomic E-state index is -0.224. The zero-order chi connectivity index (χ0) is 12.4. The van der Waals surface area contributed by atoms with Crippen molar-refractivity contribution in [2.45, 2.75) is 5.38 Å². The van der Waals surface area contributed by atoms with Gasteiger partial charge < -0.3 is 0 Å². The highest BCUT2D eigenvalue weighted by molar-refractivity contribution is 9.10. The molecule has 0 aliphatic carbocycles. The van der Waals surface area contributed by atoms with Crippen molar-refractivity contribution in [2.24, 2.45) is 0 Å². The monoisotopic (exact) mass is 348 g/mol. The van der Waals surface area contributed by atoms with E-state index in [1.165, 1.54) is 0 Å². The topological polar surface area (TPSA) is 0 Å². The van der Waals surface area contributed by atoms with Crippen molar-refractivity contribution in [3.63, 3.8) is 0 Å². The molecule has 2 aromatic carbocycles. The number of benzene rings is 2. The van der Waals surface area contributed by atoms with Crippen molar-refractivity contribution >= 4 is 50.7 Å². The summed E-state index contributed by atoms with van der Waals surface area (Å²) in [7, 11) is 0. The SMILES string of the molecule is Clc1ccc(C(Cl)c2ccc(Br)c(Cl)c2)cc1. The average molecular weight is 350 g/mol. The van der Waals surface area contributed by atoms with Gasteiger partial charge in [-0.25, -0.2) is 0 Å². The first-order valence-electron chi connectivity index (χ1n) is 4.92. The Hall–Kier alpha value is -0.210. The van der Waals surface area contributed by atoms with E-state index in [1.807, 2.05) is 42.5 Å². The minimum Gasteiger partial charge on any atom is -0.113 e. The summed E-state index contributed by atoms with van der Waals surface area (Å²) in [5.41, 5.74) is 1.96. The van der Waals surface area contributed by atoms with E-state index >= 15 is 0 Å². The standard InChI is InChI=1S/C13H8BrCl3/c14-11-6-3-9(7-12(11)16)13(17)8-1-4-10(15)5-2-8/h1-7,13H. The summed E-state index contributed by atoms with van der Waals surface area (Å²) in [6, 6.07) is 13.2. The molecular weight excluding hydrogens is 342 g/mol. The van der Waals surface area contributed by atoms with E-state index in [-0.39, 0.29) is 5.38 Å². The van der Waals surface area contributed by atoms with Gasteiger partial charge in [0.25, 0.3) is 0 Å². The summed E-state index contributed by atoms with van der Waals surface area (Å²) in [4.78, 5) is 0. The molecule has 0 N–H and O–H groups in total. The molecule has 0 saturated carbocycles. The first-order chi connectivity index (χ1) is 8.08. The highest BCUT2D eigenvalue weighted by Gasteiger charge is 2.11. The molecule has 0 saturated heterocycles. The van der Waals surface area contributed by atoms with Crippen LogP contribution in [0.25, 0.3) is 0 Å². The van der Waals surface area contributed by atoms with Crippen LogP contribution in [0.3, 0.4) is 0 Å². The molecule has 88 valence electrons. The lowest BCUT2D eigenvalue weighted by Gasteiger charge is -2.11. The van der Waals surface area contributed by atoms with Crippen LogP contribution in [0, 0.1) is 0 Å². The Morgan fingerprint density at radius 2 is 1.47 bits per heavy atom. The molecule has 1 atom stereocenters. The molecule has 0 fully saturated rings. The summed E-state index contributed by atoms with van der Waals surface area (Å²) in [6.45, 7) is 0. The second kappa shape index (κ2) is 5.62. The van der Waals surface area contributed by atoms with Crippen molar-refractivity contribution in [1.82, 2.24) is 0 Å². The number of hydrogen-bond donors (Lipinski definition) is 0. The van der Waals surface area contributed by atoms with Gasteiger partial charge in [-0.15, -0.1) is 11.6 Å². The summed E-state index contributed by atoms with van der Waals surface area (Å²) in [5.74, 6) is 0. The Morgan fingerprint density at radius 1 is 0.882 bits per heavy atom. The molecule has 0 aliphatic heterocycles. The Morgan fingerprint density at radius 3 is 2.06 bits per heavy atom. The van der Waals surface area contributed by atoms with Crippen LogP contribution in [-0.2, 0) is 0 Å². The summed E-state index contributed by atoms with van der Waals surface area (Å²) in [6.07, 6.45) is 0. The van der Waals surface area contributed by atoms with E-state index < -0.39 is 0 Å². The second-order valence-electron chi connectivity index (χ2n) is 3.59. The molecule has 2 aromatic rings. The van der Waals surface area contributed by atoms with E-state index in [0.717, 1.165) is 15.6 Å². The van der Waals surface area contributed by atoms with Crippen molar-refractivity contribution in [3.05, 3.63) is 68.1 Å². The summed E-state index contributed by atoms with van der Waals surface area (Å²) in [5, 5.41) is 1.13. The molecule has 0 aliphatic rings. The highest BCUT2D eigenvalue weighted by Crippen LogP contribution is 2.33. The maximum absolute atomic E-state index is 6.39. The molecule has 0 nitrogen and oxygen atoms in total. The van der Waals surface area contributed by atoms with Gasteiger partial charge in [-0.2, -0.15) is 0 Å². The van der Waals surface area contributed by atoms with Crippen LogP contribution in [0.5, 0.6) is 0 Å². The third-order valence-electron chi connectivity index (χ3n) is 2.40. The fraction of sp³-hybridized carbons (Fsp3) is 0.0769. The maximum Gasteiger partial charge on any atom is 0.0836 e. The number of hydrogen-bond acceptors (Lipinski definition) is 0. The summed E-state index contributed by atoms with van der Waals surface area (Å²) >= 11 is 21.6. The molecule has 0 heterocycles. The van der Waals surface area contributed by atoms with Crippen molar-refractivity contribution < 1.29 is 0 Å². The average Bonchev–Trinajstić information content (AvgIpc) is 2.33. The van der Waals surface area contributed by atoms with Crippen LogP contribution in [-0.4, -0.2) is 0 Å². The van der Waals surface area contributed by atoms with Gasteiger partial charge >= 0.3 is 0 Å². The Balaban J connectivity index is 2.33. The quantitative estimate of drug-likeness (QED) is 0.575. The van der Waals surface area contributed by atoms with E-state index in [4.69, 9.17) is 34.8 Å². The first kappa shape index (κ1) is 13.2. The Kier molecular flexibility index (Phi) is 4.37. The van der Waals surface area contributed by atoms with Gasteiger partial charge in [-0.1, -0.05) is 41.4 Å². The lowest BCUT2D eigenvalue weighted by Crippen LogP contribution is -1.93. The van der Waals surface area contributed by atoms with Gasteiger partial charge in [0.2, 0.25) is 0 Å². The molecule has 0 bridgehead atoms. The number of alkyl halides is 1. The molecule has 0 spiro atoms. The predicted octanol–water partition coefficient (Wildman–Crippen LogP) is 6.08. The van der Waals surface area contributed by atoms with E-state index in [0.29, 0.717) is 10.0 Å². The second-order valence-corrected chi connectivity index (χ2v) is 5.72. The van der Waals surface area contributed by atoms with Gasteiger partial charge in [0.1, 0.15) is 0 Å². The van der Waals surface area contributed by atoms with Crippen LogP contribution >= 0.6 is 50.7 Å². The van der Waals surface area contributed by atoms with Gasteiger partial charge in [-0.3, -0.25) is 0 Å². The largest absolute Gasteiger partial charge is 0.113 e. The molecule has 1 unspecified atom stereocenters. The van der Waals surface area contributed by atoms with Crippen molar-refractivity contribution in [1.29, 1.82) is 0 Å². The van der Waals surface area contributed by atoms with Gasteiger partial charge in [0.05, 0.1) is 10.4 Å². The third-order valence-corrected chi connectivity index (χ3v) is 4.39. The van der Waals surface area contributed by atoms with Crippen molar-refractivity contribution in [2.75, 3.05) is 0 Å². The van der Waals surface area contributed by atoms with Crippen molar-refractivity contribution in [3.8, 4) is 0 Å². The van der Waals surface area contributed by atoms with Crippen LogP contribution in [0.2, 0.25) is 10.0 Å². The highest BCUT2D eigenvalue weighted by atomic mass is 79.9. The molecule has 4 heteroatoms. The zero-order valence-electron chi connectivity index (χ0n) is 8.63. The fourth-order valence-electron chi connectivity index (χ4n) is 1.49. The zero-order valence-corrected chi connectivity index (χ0v) is 12.5. The third kappa shape index (κ3) is 3.17. The van der Waals surface area contributed by atoms with Crippen LogP contribution < -0.4 is 0 Å². The van der Waals surface area contributed by atoms with E-state index in [1.54, 1.807) is 0 Å². The minimum absolute atomic E-state index is 0.224. The molecule has 0 amide bonds. The maximum atomic E-state index is 6.39. The van der Waals surface area contributed by atoms with Crippen LogP contribution in [0.15, 0.2) is 46.9 Å². The molecule has 0 radical (unpaired) electrons. The van der Waals surface area contributed by atoms with E-state index in [2.05, 4.69) is 15.9 Å². The number of halogens is 4. The van der Waals surface area contributed by atoms with Gasteiger partial charge in [-0.05, 0) is 51.3 Å². The predicted molar refractivity (Wildman–Crippen MR) is 78.3 cm³/mol. The van der Waals surface area contributed by atoms with Gasteiger partial charge in [0.15, 0.2) is 0 Å². The fourth-order valence-corrected chi connectivity index (χ4v) is 2.34. The lowest BCUT2D eigenvalue weighted by atomic mass is 10.0. The lowest BCUT2D eigenvalue weighted by molar-refractivity contribution is 1.14. The smallest absolute Gasteiger partial charge is 0.0836 e. The van der Waals surface area contributed by atoms with E-state index in [9.17, 15) is 0 Å². The molecule has 0 aromatic heterocycles. The normalized spacial score (nSPS) is 12.5. The first-order valence-corrected chi connectivity index (χ1v) is 6.91. The Labute approximate surface area is 124 Å². The van der Waals surface area contributed by atoms with Crippen LogP contribution in [0.4, 0.5) is 0 Å². The number of rotatable bonds is 2. The van der Waals surface area contributed by atoms with Crippen LogP contribution in [0.1, 0.15) is 16.5 Å². The Bertz CT molecular complexity index is 523.